The van der Waals surface area contributed by atoms with Crippen LogP contribution < -0.4 is 4.74 Å². The van der Waals surface area contributed by atoms with Gasteiger partial charge in [-0.05, 0) is 71.9 Å². The molecule has 0 radical (unpaired) electrons. The second-order valence-corrected chi connectivity index (χ2v) is 9.85. The second kappa shape index (κ2) is 10.3. The van der Waals surface area contributed by atoms with Crippen LogP contribution in [0.1, 0.15) is 79.2 Å². The van der Waals surface area contributed by atoms with Crippen molar-refractivity contribution in [1.29, 1.82) is 0 Å². The number of benzene rings is 2. The average molecular weight is 477 g/mol. The molecule has 5 heteroatoms. The van der Waals surface area contributed by atoms with Crippen LogP contribution in [-0.4, -0.2) is 20.2 Å². The van der Waals surface area contributed by atoms with E-state index in [2.05, 4.69) is 18.2 Å². The molecule has 0 bridgehead atoms. The van der Waals surface area contributed by atoms with Crippen LogP contribution in [0.3, 0.4) is 0 Å². The SMILES string of the molecule is COC(=O)C[C@@H](c1ccc2c(c1)OC(c1ccc(C3=C(F)CCC(OC)=C3)cc1)CC2)C1CCC1. The number of hydrogen-bond donors (Lipinski definition) is 0. The highest BCUT2D eigenvalue weighted by molar-refractivity contribution is 5.77. The van der Waals surface area contributed by atoms with Gasteiger partial charge in [-0.2, -0.15) is 0 Å². The summed E-state index contributed by atoms with van der Waals surface area (Å²) in [4.78, 5) is 12.1. The summed E-state index contributed by atoms with van der Waals surface area (Å²) in [6.07, 6.45) is 8.51. The third-order valence-corrected chi connectivity index (χ3v) is 7.84. The fourth-order valence-corrected chi connectivity index (χ4v) is 5.47. The van der Waals surface area contributed by atoms with E-state index in [-0.39, 0.29) is 23.8 Å². The first-order chi connectivity index (χ1) is 17.1. The van der Waals surface area contributed by atoms with E-state index in [1.807, 2.05) is 24.3 Å². The first-order valence-electron chi connectivity index (χ1n) is 12.7. The summed E-state index contributed by atoms with van der Waals surface area (Å²) in [5.41, 5.74) is 4.91. The molecule has 184 valence electrons. The van der Waals surface area contributed by atoms with Crippen molar-refractivity contribution in [2.75, 3.05) is 14.2 Å². The van der Waals surface area contributed by atoms with Gasteiger partial charge in [0.2, 0.25) is 0 Å². The molecule has 0 saturated heterocycles. The Kier molecular flexibility index (Phi) is 6.94. The fraction of sp³-hybridized carbons (Fsp3) is 0.433. The number of ether oxygens (including phenoxy) is 3. The van der Waals surface area contributed by atoms with E-state index < -0.39 is 0 Å². The average Bonchev–Trinajstić information content (AvgIpc) is 2.87. The van der Waals surface area contributed by atoms with Crippen LogP contribution in [0, 0.1) is 5.92 Å². The zero-order chi connectivity index (χ0) is 24.4. The number of allylic oxidation sites excluding steroid dienone is 4. The molecule has 0 amide bonds. The van der Waals surface area contributed by atoms with Gasteiger partial charge < -0.3 is 14.2 Å². The predicted molar refractivity (Wildman–Crippen MR) is 134 cm³/mol. The standard InChI is InChI=1S/C30H33FO4/c1-33-24-13-14-27(31)26(17-24)20-6-8-21(9-7-20)28-15-12-22-10-11-23(16-29(22)35-28)25(18-30(32)34-2)19-4-3-5-19/h6-11,16-17,19,25,28H,3-5,12-15,18H2,1-2H3/t25-,28?/m1/s1. The van der Waals surface area contributed by atoms with Crippen molar-refractivity contribution in [3.8, 4) is 5.75 Å². The number of fused-ring (bicyclic) bond motifs is 1. The van der Waals surface area contributed by atoms with Crippen molar-refractivity contribution in [2.24, 2.45) is 5.92 Å². The van der Waals surface area contributed by atoms with Gasteiger partial charge in [0.15, 0.2) is 0 Å². The van der Waals surface area contributed by atoms with Crippen LogP contribution in [0.2, 0.25) is 0 Å². The fourth-order valence-electron chi connectivity index (χ4n) is 5.47. The highest BCUT2D eigenvalue weighted by Gasteiger charge is 2.32. The molecule has 2 aromatic carbocycles. The minimum Gasteiger partial charge on any atom is -0.501 e. The molecule has 1 fully saturated rings. The van der Waals surface area contributed by atoms with E-state index in [0.717, 1.165) is 53.9 Å². The zero-order valence-corrected chi connectivity index (χ0v) is 20.5. The number of carbonyl (C=O) groups excluding carboxylic acids is 1. The number of methoxy groups -OCH3 is 2. The van der Waals surface area contributed by atoms with Crippen LogP contribution in [0.4, 0.5) is 4.39 Å². The Morgan fingerprint density at radius 2 is 1.86 bits per heavy atom. The normalized spacial score (nSPS) is 20.8. The lowest BCUT2D eigenvalue weighted by molar-refractivity contribution is -0.141. The second-order valence-electron chi connectivity index (χ2n) is 9.85. The molecular weight excluding hydrogens is 443 g/mol. The molecule has 4 nitrogen and oxygen atoms in total. The number of hydrogen-bond acceptors (Lipinski definition) is 4. The van der Waals surface area contributed by atoms with Gasteiger partial charge in [0.1, 0.15) is 17.7 Å². The summed E-state index contributed by atoms with van der Waals surface area (Å²) in [5.74, 6) is 2.17. The Labute approximate surface area is 206 Å². The van der Waals surface area contributed by atoms with Gasteiger partial charge in [-0.3, -0.25) is 4.79 Å². The maximum absolute atomic E-state index is 14.5. The van der Waals surface area contributed by atoms with Crippen molar-refractivity contribution in [2.45, 2.75) is 63.4 Å². The largest absolute Gasteiger partial charge is 0.501 e. The third kappa shape index (κ3) is 5.00. The van der Waals surface area contributed by atoms with Crippen LogP contribution in [0.5, 0.6) is 5.75 Å². The highest BCUT2D eigenvalue weighted by atomic mass is 19.1. The van der Waals surface area contributed by atoms with Gasteiger partial charge in [0.05, 0.1) is 26.4 Å². The molecule has 0 aromatic heterocycles. The van der Waals surface area contributed by atoms with Crippen molar-refractivity contribution in [1.82, 2.24) is 0 Å². The number of aryl methyl sites for hydroxylation is 1. The summed E-state index contributed by atoms with van der Waals surface area (Å²) in [6.45, 7) is 0. The lowest BCUT2D eigenvalue weighted by Crippen LogP contribution is -2.24. The quantitative estimate of drug-likeness (QED) is 0.396. The molecule has 1 saturated carbocycles. The Bertz CT molecular complexity index is 1140. The summed E-state index contributed by atoms with van der Waals surface area (Å²) in [6, 6.07) is 14.5. The Balaban J connectivity index is 1.34. The molecule has 1 heterocycles. The van der Waals surface area contributed by atoms with E-state index in [0.29, 0.717) is 30.8 Å². The molecule has 5 rings (SSSR count). The summed E-state index contributed by atoms with van der Waals surface area (Å²) >= 11 is 0. The van der Waals surface area contributed by atoms with Crippen LogP contribution in [-0.2, 0) is 20.7 Å². The molecule has 35 heavy (non-hydrogen) atoms. The van der Waals surface area contributed by atoms with E-state index >= 15 is 0 Å². The summed E-state index contributed by atoms with van der Waals surface area (Å²) in [5, 5.41) is 0. The van der Waals surface area contributed by atoms with Crippen molar-refractivity contribution in [3.05, 3.63) is 82.4 Å². The molecule has 1 aliphatic heterocycles. The molecular formula is C30H33FO4. The molecule has 0 spiro atoms. The van der Waals surface area contributed by atoms with Crippen molar-refractivity contribution >= 4 is 11.5 Å². The molecule has 2 aliphatic carbocycles. The van der Waals surface area contributed by atoms with E-state index in [1.165, 1.54) is 19.1 Å². The topological polar surface area (TPSA) is 44.8 Å². The molecule has 2 aromatic rings. The van der Waals surface area contributed by atoms with E-state index in [9.17, 15) is 9.18 Å². The number of halogens is 1. The molecule has 3 aliphatic rings. The van der Waals surface area contributed by atoms with Gasteiger partial charge in [-0.15, -0.1) is 0 Å². The number of rotatable bonds is 7. The minimum absolute atomic E-state index is 0.0511. The smallest absolute Gasteiger partial charge is 0.306 e. The van der Waals surface area contributed by atoms with Crippen molar-refractivity contribution < 1.29 is 23.4 Å². The third-order valence-electron chi connectivity index (χ3n) is 7.84. The first-order valence-corrected chi connectivity index (χ1v) is 12.7. The van der Waals surface area contributed by atoms with Crippen molar-refractivity contribution in [3.63, 3.8) is 0 Å². The van der Waals surface area contributed by atoms with Gasteiger partial charge in [0, 0.05) is 18.4 Å². The Morgan fingerprint density at radius 3 is 2.54 bits per heavy atom. The lowest BCUT2D eigenvalue weighted by atomic mass is 9.71. The van der Waals surface area contributed by atoms with Gasteiger partial charge >= 0.3 is 5.97 Å². The van der Waals surface area contributed by atoms with Gasteiger partial charge in [0.25, 0.3) is 0 Å². The molecule has 0 N–H and O–H groups in total. The van der Waals surface area contributed by atoms with Gasteiger partial charge in [-0.25, -0.2) is 4.39 Å². The monoisotopic (exact) mass is 476 g/mol. The Morgan fingerprint density at radius 1 is 1.06 bits per heavy atom. The van der Waals surface area contributed by atoms with Gasteiger partial charge in [-0.1, -0.05) is 42.8 Å². The van der Waals surface area contributed by atoms with E-state index in [1.54, 1.807) is 13.2 Å². The highest BCUT2D eigenvalue weighted by Crippen LogP contribution is 2.44. The number of esters is 1. The zero-order valence-electron chi connectivity index (χ0n) is 20.5. The lowest BCUT2D eigenvalue weighted by Gasteiger charge is -2.34. The van der Waals surface area contributed by atoms with E-state index in [4.69, 9.17) is 14.2 Å². The number of carbonyl (C=O) groups is 1. The molecule has 1 unspecified atom stereocenters. The first kappa shape index (κ1) is 23.7. The maximum atomic E-state index is 14.5. The minimum atomic E-state index is -0.157. The summed E-state index contributed by atoms with van der Waals surface area (Å²) < 4.78 is 31.3. The summed E-state index contributed by atoms with van der Waals surface area (Å²) in [7, 11) is 3.08. The van der Waals surface area contributed by atoms with Crippen LogP contribution >= 0.6 is 0 Å². The maximum Gasteiger partial charge on any atom is 0.306 e. The van der Waals surface area contributed by atoms with Crippen LogP contribution in [0.25, 0.3) is 5.57 Å². The molecule has 2 atom stereocenters. The Hall–Kier alpha value is -3.08. The van der Waals surface area contributed by atoms with Crippen LogP contribution in [0.15, 0.2) is 60.1 Å². The predicted octanol–water partition coefficient (Wildman–Crippen LogP) is 7.20.